The van der Waals surface area contributed by atoms with Crippen molar-refractivity contribution < 1.29 is 19.1 Å². The van der Waals surface area contributed by atoms with Crippen LogP contribution in [0.15, 0.2) is 0 Å². The van der Waals surface area contributed by atoms with Gasteiger partial charge < -0.3 is 14.5 Å². The highest BCUT2D eigenvalue weighted by Gasteiger charge is 2.24. The van der Waals surface area contributed by atoms with Gasteiger partial charge in [0.05, 0.1) is 11.7 Å². The molecule has 2 rings (SSSR count). The molecule has 136 valence electrons. The summed E-state index contributed by atoms with van der Waals surface area (Å²) in [4.78, 5) is 27.4. The van der Waals surface area contributed by atoms with Crippen molar-refractivity contribution in [3.05, 3.63) is 28.3 Å². The summed E-state index contributed by atoms with van der Waals surface area (Å²) in [6.45, 7) is 9.53. The standard InChI is InChI=1S/C16H23N5O4/c1-6-7-21-12(18-19-20-21)8-24-16(23)14-10(4)13(11(5)17-14)15(22)25-9(2)3/h9,17H,6-8H2,1-5H3. The summed E-state index contributed by atoms with van der Waals surface area (Å²) < 4.78 is 12.1. The second-order valence-corrected chi connectivity index (χ2v) is 5.97. The number of esters is 2. The first-order chi connectivity index (χ1) is 11.8. The minimum atomic E-state index is -0.574. The average molecular weight is 349 g/mol. The van der Waals surface area contributed by atoms with Crippen molar-refractivity contribution in [2.24, 2.45) is 0 Å². The zero-order chi connectivity index (χ0) is 18.6. The summed E-state index contributed by atoms with van der Waals surface area (Å²) in [6.07, 6.45) is 0.622. The summed E-state index contributed by atoms with van der Waals surface area (Å²) in [5.74, 6) is -0.571. The summed E-state index contributed by atoms with van der Waals surface area (Å²) >= 11 is 0. The van der Waals surface area contributed by atoms with Crippen LogP contribution in [0.1, 0.15) is 65.1 Å². The number of aromatic amines is 1. The highest BCUT2D eigenvalue weighted by Crippen LogP contribution is 2.20. The van der Waals surface area contributed by atoms with Crippen molar-refractivity contribution in [3.8, 4) is 0 Å². The predicted octanol–water partition coefficient (Wildman–Crippen LogP) is 1.95. The molecule has 0 atom stereocenters. The summed E-state index contributed by atoms with van der Waals surface area (Å²) in [5, 5.41) is 11.3. The molecule has 0 radical (unpaired) electrons. The van der Waals surface area contributed by atoms with E-state index in [-0.39, 0.29) is 18.4 Å². The third-order valence-corrected chi connectivity index (χ3v) is 3.56. The topological polar surface area (TPSA) is 112 Å². The van der Waals surface area contributed by atoms with Crippen molar-refractivity contribution in [2.45, 2.75) is 60.3 Å². The number of ether oxygens (including phenoxy) is 2. The Balaban J connectivity index is 2.12. The van der Waals surface area contributed by atoms with Crippen LogP contribution in [0.5, 0.6) is 0 Å². The summed E-state index contributed by atoms with van der Waals surface area (Å²) in [5.41, 5.74) is 1.64. The van der Waals surface area contributed by atoms with Gasteiger partial charge in [-0.05, 0) is 50.1 Å². The number of aromatic nitrogens is 5. The molecule has 2 aromatic rings. The Morgan fingerprint density at radius 3 is 2.60 bits per heavy atom. The molecule has 0 fully saturated rings. The molecule has 0 aliphatic rings. The number of carbonyl (C=O) groups is 2. The molecule has 0 unspecified atom stereocenters. The lowest BCUT2D eigenvalue weighted by Gasteiger charge is -2.08. The minimum Gasteiger partial charge on any atom is -0.459 e. The van der Waals surface area contributed by atoms with Gasteiger partial charge in [0, 0.05) is 12.2 Å². The van der Waals surface area contributed by atoms with E-state index in [4.69, 9.17) is 9.47 Å². The fourth-order valence-electron chi connectivity index (χ4n) is 2.45. The average Bonchev–Trinajstić information content (AvgIpc) is 3.08. The molecule has 2 aromatic heterocycles. The fourth-order valence-corrected chi connectivity index (χ4v) is 2.45. The van der Waals surface area contributed by atoms with Crippen LogP contribution in [-0.2, 0) is 22.6 Å². The largest absolute Gasteiger partial charge is 0.459 e. The molecule has 0 bridgehead atoms. The Bertz CT molecular complexity index is 763. The Kier molecular flexibility index (Phi) is 5.89. The second-order valence-electron chi connectivity index (χ2n) is 5.97. The van der Waals surface area contributed by atoms with Crippen LogP contribution in [-0.4, -0.2) is 43.2 Å². The van der Waals surface area contributed by atoms with Crippen LogP contribution in [0.4, 0.5) is 0 Å². The van der Waals surface area contributed by atoms with Crippen LogP contribution in [0.25, 0.3) is 0 Å². The van der Waals surface area contributed by atoms with Crippen LogP contribution >= 0.6 is 0 Å². The van der Waals surface area contributed by atoms with E-state index in [1.807, 2.05) is 6.92 Å². The van der Waals surface area contributed by atoms with Crippen molar-refractivity contribution in [1.29, 1.82) is 0 Å². The molecular weight excluding hydrogens is 326 g/mol. The van der Waals surface area contributed by atoms with E-state index in [1.54, 1.807) is 32.4 Å². The van der Waals surface area contributed by atoms with Gasteiger partial charge in [0.2, 0.25) is 0 Å². The van der Waals surface area contributed by atoms with Gasteiger partial charge in [0.1, 0.15) is 5.69 Å². The molecular formula is C16H23N5O4. The molecule has 0 aliphatic carbocycles. The zero-order valence-electron chi connectivity index (χ0n) is 15.1. The molecule has 0 amide bonds. The van der Waals surface area contributed by atoms with Crippen molar-refractivity contribution in [3.63, 3.8) is 0 Å². The number of hydrogen-bond acceptors (Lipinski definition) is 7. The zero-order valence-corrected chi connectivity index (χ0v) is 15.1. The molecule has 0 saturated heterocycles. The second kappa shape index (κ2) is 7.91. The lowest BCUT2D eigenvalue weighted by Crippen LogP contribution is -2.14. The SMILES string of the molecule is CCCn1nnnc1COC(=O)c1[nH]c(C)c(C(=O)OC(C)C)c1C. The third-order valence-electron chi connectivity index (χ3n) is 3.56. The van der Waals surface area contributed by atoms with Gasteiger partial charge in [-0.1, -0.05) is 6.92 Å². The molecule has 2 heterocycles. The van der Waals surface area contributed by atoms with Gasteiger partial charge in [-0.15, -0.1) is 5.10 Å². The first-order valence-corrected chi connectivity index (χ1v) is 8.17. The number of carbonyl (C=O) groups excluding carboxylic acids is 2. The van der Waals surface area contributed by atoms with Crippen LogP contribution in [0.2, 0.25) is 0 Å². The highest BCUT2D eigenvalue weighted by molar-refractivity contribution is 5.98. The molecule has 9 heteroatoms. The number of hydrogen-bond donors (Lipinski definition) is 1. The van der Waals surface area contributed by atoms with Gasteiger partial charge in [0.25, 0.3) is 0 Å². The molecule has 0 spiro atoms. The maximum absolute atomic E-state index is 12.4. The maximum Gasteiger partial charge on any atom is 0.355 e. The quantitative estimate of drug-likeness (QED) is 0.760. The van der Waals surface area contributed by atoms with Crippen molar-refractivity contribution >= 4 is 11.9 Å². The smallest absolute Gasteiger partial charge is 0.355 e. The van der Waals surface area contributed by atoms with Gasteiger partial charge in [0.15, 0.2) is 12.4 Å². The van der Waals surface area contributed by atoms with E-state index in [0.717, 1.165) is 6.42 Å². The Morgan fingerprint density at radius 1 is 1.24 bits per heavy atom. The first-order valence-electron chi connectivity index (χ1n) is 8.17. The molecule has 0 saturated carbocycles. The Labute approximate surface area is 145 Å². The van der Waals surface area contributed by atoms with E-state index in [1.165, 1.54) is 0 Å². The van der Waals surface area contributed by atoms with Crippen LogP contribution in [0, 0.1) is 13.8 Å². The fraction of sp³-hybridized carbons (Fsp3) is 0.562. The molecule has 25 heavy (non-hydrogen) atoms. The highest BCUT2D eigenvalue weighted by atomic mass is 16.5. The van der Waals surface area contributed by atoms with Gasteiger partial charge >= 0.3 is 11.9 Å². The molecule has 1 N–H and O–H groups in total. The molecule has 9 nitrogen and oxygen atoms in total. The molecule has 0 aliphatic heterocycles. The number of nitrogens with one attached hydrogen (secondary N) is 1. The van der Waals surface area contributed by atoms with Crippen LogP contribution < -0.4 is 0 Å². The number of tetrazole rings is 1. The van der Waals surface area contributed by atoms with Gasteiger partial charge in [-0.2, -0.15) is 0 Å². The van der Waals surface area contributed by atoms with E-state index in [0.29, 0.717) is 29.2 Å². The van der Waals surface area contributed by atoms with Gasteiger partial charge in [-0.3, -0.25) is 0 Å². The van der Waals surface area contributed by atoms with E-state index < -0.39 is 11.9 Å². The maximum atomic E-state index is 12.4. The first kappa shape index (κ1) is 18.6. The van der Waals surface area contributed by atoms with E-state index >= 15 is 0 Å². The third kappa shape index (κ3) is 4.23. The number of nitrogens with zero attached hydrogens (tertiary/aromatic N) is 4. The predicted molar refractivity (Wildman–Crippen MR) is 88.0 cm³/mol. The van der Waals surface area contributed by atoms with Gasteiger partial charge in [-0.25, -0.2) is 14.3 Å². The minimum absolute atomic E-state index is 0.0465. The monoisotopic (exact) mass is 349 g/mol. The summed E-state index contributed by atoms with van der Waals surface area (Å²) in [6, 6.07) is 0. The van der Waals surface area contributed by atoms with Crippen molar-refractivity contribution in [1.82, 2.24) is 25.2 Å². The number of aryl methyl sites for hydroxylation is 2. The van der Waals surface area contributed by atoms with E-state index in [2.05, 4.69) is 20.5 Å². The van der Waals surface area contributed by atoms with E-state index in [9.17, 15) is 9.59 Å². The van der Waals surface area contributed by atoms with Crippen LogP contribution in [0.3, 0.4) is 0 Å². The lowest BCUT2D eigenvalue weighted by atomic mass is 10.1. The Hall–Kier alpha value is -2.71. The number of H-pyrrole nitrogens is 1. The number of rotatable bonds is 7. The Morgan fingerprint density at radius 2 is 1.96 bits per heavy atom. The molecule has 0 aromatic carbocycles. The normalized spacial score (nSPS) is 11.0. The summed E-state index contributed by atoms with van der Waals surface area (Å²) in [7, 11) is 0. The lowest BCUT2D eigenvalue weighted by molar-refractivity contribution is 0.0376. The van der Waals surface area contributed by atoms with Crippen molar-refractivity contribution in [2.75, 3.05) is 0 Å².